The zero-order valence-electron chi connectivity index (χ0n) is 11.1. The lowest BCUT2D eigenvalue weighted by molar-refractivity contribution is 0.305. The maximum Gasteiger partial charge on any atom is 0.187 e. The number of oxime groups is 1. The van der Waals surface area contributed by atoms with Crippen LogP contribution in [0, 0.1) is 18.3 Å². The van der Waals surface area contributed by atoms with Crippen LogP contribution in [0.5, 0.6) is 5.75 Å². The molecule has 0 spiro atoms. The van der Waals surface area contributed by atoms with Crippen molar-refractivity contribution in [3.05, 3.63) is 65.2 Å². The van der Waals surface area contributed by atoms with Gasteiger partial charge in [0.2, 0.25) is 0 Å². The first-order valence-corrected chi connectivity index (χ1v) is 6.14. The molecule has 0 radical (unpaired) electrons. The number of nitriles is 1. The molecular formula is C16H14N2O2. The molecule has 1 N–H and O–H groups in total. The van der Waals surface area contributed by atoms with Gasteiger partial charge in [-0.15, -0.1) is 0 Å². The molecule has 20 heavy (non-hydrogen) atoms. The first kappa shape index (κ1) is 13.6. The van der Waals surface area contributed by atoms with Gasteiger partial charge in [0.05, 0.1) is 0 Å². The van der Waals surface area contributed by atoms with Crippen molar-refractivity contribution in [1.29, 1.82) is 5.26 Å². The standard InChI is InChI=1S/C16H14N2O2/c1-12-5-4-7-14(9-12)20-11-13-6-2-3-8-15(13)16(10-17)18-19/h2-9,19H,11H2,1H3/b18-16-. The topological polar surface area (TPSA) is 65.6 Å². The van der Waals surface area contributed by atoms with Crippen LogP contribution in [0.4, 0.5) is 0 Å². The Labute approximate surface area is 117 Å². The van der Waals surface area contributed by atoms with E-state index in [2.05, 4.69) is 5.16 Å². The van der Waals surface area contributed by atoms with E-state index in [4.69, 9.17) is 15.2 Å². The van der Waals surface area contributed by atoms with Crippen molar-refractivity contribution in [2.75, 3.05) is 0 Å². The maximum absolute atomic E-state index is 8.94. The summed E-state index contributed by atoms with van der Waals surface area (Å²) in [4.78, 5) is 0. The highest BCUT2D eigenvalue weighted by molar-refractivity contribution is 6.12. The third kappa shape index (κ3) is 3.15. The molecule has 0 fully saturated rings. The van der Waals surface area contributed by atoms with Crippen LogP contribution in [-0.4, -0.2) is 10.9 Å². The summed E-state index contributed by atoms with van der Waals surface area (Å²) in [5, 5.41) is 20.8. The molecule has 2 rings (SSSR count). The highest BCUT2D eigenvalue weighted by Gasteiger charge is 2.09. The minimum Gasteiger partial charge on any atom is -0.489 e. The molecule has 0 bridgehead atoms. The number of benzene rings is 2. The molecule has 0 atom stereocenters. The lowest BCUT2D eigenvalue weighted by Gasteiger charge is -2.10. The molecule has 0 aliphatic rings. The molecule has 2 aromatic carbocycles. The lowest BCUT2D eigenvalue weighted by atomic mass is 10.0. The summed E-state index contributed by atoms with van der Waals surface area (Å²) >= 11 is 0. The van der Waals surface area contributed by atoms with Gasteiger partial charge in [-0.1, -0.05) is 41.6 Å². The van der Waals surface area contributed by atoms with Crippen LogP contribution in [0.3, 0.4) is 0 Å². The number of ether oxygens (including phenoxy) is 1. The molecule has 0 aliphatic heterocycles. The highest BCUT2D eigenvalue weighted by Crippen LogP contribution is 2.17. The zero-order chi connectivity index (χ0) is 14.4. The minimum atomic E-state index is -0.0200. The van der Waals surface area contributed by atoms with Gasteiger partial charge in [-0.2, -0.15) is 5.26 Å². The third-order valence-electron chi connectivity index (χ3n) is 2.86. The van der Waals surface area contributed by atoms with E-state index >= 15 is 0 Å². The number of hydrogen-bond donors (Lipinski definition) is 1. The van der Waals surface area contributed by atoms with Gasteiger partial charge in [0.15, 0.2) is 5.71 Å². The molecule has 0 unspecified atom stereocenters. The molecule has 0 amide bonds. The second-order valence-electron chi connectivity index (χ2n) is 4.32. The Bertz CT molecular complexity index is 672. The van der Waals surface area contributed by atoms with Crippen LogP contribution in [0.15, 0.2) is 53.7 Å². The first-order valence-electron chi connectivity index (χ1n) is 6.14. The van der Waals surface area contributed by atoms with E-state index in [9.17, 15) is 0 Å². The largest absolute Gasteiger partial charge is 0.489 e. The van der Waals surface area contributed by atoms with Gasteiger partial charge in [-0.25, -0.2) is 0 Å². The maximum atomic E-state index is 8.94. The van der Waals surface area contributed by atoms with Gasteiger partial charge in [0.1, 0.15) is 18.4 Å². The summed E-state index contributed by atoms with van der Waals surface area (Å²) in [5.41, 5.74) is 2.47. The zero-order valence-corrected chi connectivity index (χ0v) is 11.1. The molecule has 0 saturated heterocycles. The van der Waals surface area contributed by atoms with Crippen LogP contribution in [0.1, 0.15) is 16.7 Å². The fraction of sp³-hybridized carbons (Fsp3) is 0.125. The van der Waals surface area contributed by atoms with Crippen molar-refractivity contribution in [2.45, 2.75) is 13.5 Å². The molecule has 100 valence electrons. The highest BCUT2D eigenvalue weighted by atomic mass is 16.5. The molecule has 0 heterocycles. The van der Waals surface area contributed by atoms with Crippen molar-refractivity contribution >= 4 is 5.71 Å². The van der Waals surface area contributed by atoms with Crippen molar-refractivity contribution in [3.63, 3.8) is 0 Å². The predicted molar refractivity (Wildman–Crippen MR) is 75.9 cm³/mol. The van der Waals surface area contributed by atoms with E-state index in [1.807, 2.05) is 49.4 Å². The van der Waals surface area contributed by atoms with E-state index in [-0.39, 0.29) is 5.71 Å². The average Bonchev–Trinajstić information content (AvgIpc) is 2.48. The van der Waals surface area contributed by atoms with E-state index in [0.29, 0.717) is 12.2 Å². The Morgan fingerprint density at radius 3 is 2.75 bits per heavy atom. The van der Waals surface area contributed by atoms with Crippen molar-refractivity contribution in [2.24, 2.45) is 5.16 Å². The van der Waals surface area contributed by atoms with Crippen LogP contribution < -0.4 is 4.74 Å². The number of aryl methyl sites for hydroxylation is 1. The van der Waals surface area contributed by atoms with Crippen LogP contribution >= 0.6 is 0 Å². The number of rotatable bonds is 4. The second kappa shape index (κ2) is 6.39. The fourth-order valence-corrected chi connectivity index (χ4v) is 1.88. The summed E-state index contributed by atoms with van der Waals surface area (Å²) in [6, 6.07) is 16.8. The van der Waals surface area contributed by atoms with Crippen molar-refractivity contribution in [3.8, 4) is 11.8 Å². The van der Waals surface area contributed by atoms with Crippen LogP contribution in [0.25, 0.3) is 0 Å². The Morgan fingerprint density at radius 1 is 1.25 bits per heavy atom. The third-order valence-corrected chi connectivity index (χ3v) is 2.86. The summed E-state index contributed by atoms with van der Waals surface area (Å²) in [6.07, 6.45) is 0. The van der Waals surface area contributed by atoms with Gasteiger partial charge in [0, 0.05) is 5.56 Å². The lowest BCUT2D eigenvalue weighted by Crippen LogP contribution is -2.05. The fourth-order valence-electron chi connectivity index (χ4n) is 1.88. The Hall–Kier alpha value is -2.80. The van der Waals surface area contributed by atoms with Crippen molar-refractivity contribution < 1.29 is 9.94 Å². The summed E-state index contributed by atoms with van der Waals surface area (Å²) < 4.78 is 5.71. The SMILES string of the molecule is Cc1cccc(OCc2ccccc2/C(C#N)=N\O)c1. The van der Waals surface area contributed by atoms with Crippen LogP contribution in [-0.2, 0) is 6.61 Å². The molecule has 4 nitrogen and oxygen atoms in total. The normalized spacial score (nSPS) is 10.9. The molecule has 0 aromatic heterocycles. The second-order valence-corrected chi connectivity index (χ2v) is 4.32. The number of nitrogens with zero attached hydrogens (tertiary/aromatic N) is 2. The van der Waals surface area contributed by atoms with Gasteiger partial charge in [-0.3, -0.25) is 0 Å². The summed E-state index contributed by atoms with van der Waals surface area (Å²) in [5.74, 6) is 0.763. The van der Waals surface area contributed by atoms with Crippen LogP contribution in [0.2, 0.25) is 0 Å². The predicted octanol–water partition coefficient (Wildman–Crippen LogP) is 3.28. The Kier molecular flexibility index (Phi) is 4.35. The van der Waals surface area contributed by atoms with E-state index in [1.165, 1.54) is 0 Å². The average molecular weight is 266 g/mol. The molecule has 2 aromatic rings. The molecule has 0 aliphatic carbocycles. The van der Waals surface area contributed by atoms with Gasteiger partial charge >= 0.3 is 0 Å². The van der Waals surface area contributed by atoms with Gasteiger partial charge < -0.3 is 9.94 Å². The molecular weight excluding hydrogens is 252 g/mol. The summed E-state index contributed by atoms with van der Waals surface area (Å²) in [7, 11) is 0. The van der Waals surface area contributed by atoms with Gasteiger partial charge in [-0.05, 0) is 30.2 Å². The van der Waals surface area contributed by atoms with Crippen molar-refractivity contribution in [1.82, 2.24) is 0 Å². The Balaban J connectivity index is 2.20. The minimum absolute atomic E-state index is 0.0200. The quantitative estimate of drug-likeness (QED) is 0.524. The van der Waals surface area contributed by atoms with E-state index < -0.39 is 0 Å². The Morgan fingerprint density at radius 2 is 2.05 bits per heavy atom. The van der Waals surface area contributed by atoms with E-state index in [1.54, 1.807) is 12.1 Å². The monoisotopic (exact) mass is 266 g/mol. The summed E-state index contributed by atoms with van der Waals surface area (Å²) in [6.45, 7) is 2.30. The number of hydrogen-bond acceptors (Lipinski definition) is 4. The smallest absolute Gasteiger partial charge is 0.187 e. The first-order chi connectivity index (χ1) is 9.74. The van der Waals surface area contributed by atoms with E-state index in [0.717, 1.165) is 16.9 Å². The van der Waals surface area contributed by atoms with Gasteiger partial charge in [0.25, 0.3) is 0 Å². The molecule has 4 heteroatoms. The molecule has 0 saturated carbocycles.